The van der Waals surface area contributed by atoms with Crippen molar-refractivity contribution < 1.29 is 0 Å². The Morgan fingerprint density at radius 3 is 2.78 bits per heavy atom. The third kappa shape index (κ3) is 2.11. The number of nitrogen functional groups attached to an aromatic ring is 1. The Balaban J connectivity index is 2.19. The Labute approximate surface area is 122 Å². The molecule has 0 unspecified atom stereocenters. The molecule has 0 spiro atoms. The van der Waals surface area contributed by atoms with Gasteiger partial charge in [-0.3, -0.25) is 0 Å². The van der Waals surface area contributed by atoms with Crippen LogP contribution in [0.5, 0.6) is 0 Å². The lowest BCUT2D eigenvalue weighted by molar-refractivity contribution is 1.46. The normalized spacial score (nSPS) is 11.0. The summed E-state index contributed by atoms with van der Waals surface area (Å²) in [6.45, 7) is 0. The van der Waals surface area contributed by atoms with E-state index < -0.39 is 0 Å². The van der Waals surface area contributed by atoms with E-state index in [1.807, 2.05) is 36.4 Å². The number of aromatic nitrogens is 1. The summed E-state index contributed by atoms with van der Waals surface area (Å²) in [5.41, 5.74) is 8.47. The van der Waals surface area contributed by atoms with Crippen molar-refractivity contribution in [3.63, 3.8) is 0 Å². The SMILES string of the molecule is Nc1ccc(-c2nc3ccc(Cl)cc3s2)c(Br)c1. The fourth-order valence-electron chi connectivity index (χ4n) is 1.72. The summed E-state index contributed by atoms with van der Waals surface area (Å²) < 4.78 is 2.04. The van der Waals surface area contributed by atoms with E-state index in [4.69, 9.17) is 17.3 Å². The van der Waals surface area contributed by atoms with Crippen molar-refractivity contribution in [3.05, 3.63) is 45.9 Å². The second-order valence-electron chi connectivity index (χ2n) is 3.87. The maximum absolute atomic E-state index is 5.98. The summed E-state index contributed by atoms with van der Waals surface area (Å²) in [5.74, 6) is 0. The fraction of sp³-hybridized carbons (Fsp3) is 0. The predicted molar refractivity (Wildman–Crippen MR) is 82.2 cm³/mol. The number of thiazole rings is 1. The summed E-state index contributed by atoms with van der Waals surface area (Å²) in [6.07, 6.45) is 0. The molecule has 0 saturated carbocycles. The van der Waals surface area contributed by atoms with Crippen LogP contribution in [0.25, 0.3) is 20.8 Å². The summed E-state index contributed by atoms with van der Waals surface area (Å²) in [4.78, 5) is 4.60. The van der Waals surface area contributed by atoms with Gasteiger partial charge in [-0.15, -0.1) is 11.3 Å². The van der Waals surface area contributed by atoms with E-state index in [1.54, 1.807) is 11.3 Å². The Morgan fingerprint density at radius 1 is 1.17 bits per heavy atom. The molecule has 0 aliphatic rings. The standard InChI is InChI=1S/C13H8BrClN2S/c14-10-6-8(16)2-3-9(10)13-17-11-4-1-7(15)5-12(11)18-13/h1-6H,16H2. The van der Waals surface area contributed by atoms with Gasteiger partial charge >= 0.3 is 0 Å². The first kappa shape index (κ1) is 12.0. The summed E-state index contributed by atoms with van der Waals surface area (Å²) >= 11 is 11.1. The van der Waals surface area contributed by atoms with Gasteiger partial charge in [-0.1, -0.05) is 11.6 Å². The molecule has 0 atom stereocenters. The van der Waals surface area contributed by atoms with Crippen LogP contribution in [-0.2, 0) is 0 Å². The second kappa shape index (κ2) is 4.53. The highest BCUT2D eigenvalue weighted by Gasteiger charge is 2.09. The third-order valence-electron chi connectivity index (χ3n) is 2.57. The van der Waals surface area contributed by atoms with Crippen molar-refractivity contribution in [1.82, 2.24) is 4.98 Å². The maximum Gasteiger partial charge on any atom is 0.125 e. The van der Waals surface area contributed by atoms with Crippen LogP contribution >= 0.6 is 38.9 Å². The number of fused-ring (bicyclic) bond motifs is 1. The van der Waals surface area contributed by atoms with Gasteiger partial charge in [0, 0.05) is 20.7 Å². The lowest BCUT2D eigenvalue weighted by Gasteiger charge is -2.01. The van der Waals surface area contributed by atoms with Crippen LogP contribution in [0.1, 0.15) is 0 Å². The monoisotopic (exact) mass is 338 g/mol. The average Bonchev–Trinajstić information content (AvgIpc) is 2.71. The van der Waals surface area contributed by atoms with E-state index in [1.165, 1.54) is 0 Å². The van der Waals surface area contributed by atoms with E-state index in [0.717, 1.165) is 36.0 Å². The van der Waals surface area contributed by atoms with Crippen LogP contribution in [0.15, 0.2) is 40.9 Å². The molecule has 0 radical (unpaired) electrons. The number of nitrogens with zero attached hydrogens (tertiary/aromatic N) is 1. The number of rotatable bonds is 1. The number of hydrogen-bond donors (Lipinski definition) is 1. The van der Waals surface area contributed by atoms with Gasteiger partial charge in [0.1, 0.15) is 5.01 Å². The maximum atomic E-state index is 5.98. The molecule has 3 rings (SSSR count). The quantitative estimate of drug-likeness (QED) is 0.636. The van der Waals surface area contributed by atoms with Crippen LogP contribution in [-0.4, -0.2) is 4.98 Å². The molecule has 0 aliphatic heterocycles. The molecular formula is C13H8BrClN2S. The minimum absolute atomic E-state index is 0.731. The zero-order valence-electron chi connectivity index (χ0n) is 9.15. The minimum Gasteiger partial charge on any atom is -0.399 e. The van der Waals surface area contributed by atoms with E-state index in [0.29, 0.717) is 0 Å². The molecule has 1 heterocycles. The van der Waals surface area contributed by atoms with Crippen LogP contribution in [0.3, 0.4) is 0 Å². The summed E-state index contributed by atoms with van der Waals surface area (Å²) in [6, 6.07) is 11.4. The molecule has 0 amide bonds. The first-order valence-electron chi connectivity index (χ1n) is 5.25. The van der Waals surface area contributed by atoms with Gasteiger partial charge in [0.05, 0.1) is 10.2 Å². The van der Waals surface area contributed by atoms with Crippen molar-refractivity contribution in [2.24, 2.45) is 0 Å². The molecule has 2 aromatic carbocycles. The van der Waals surface area contributed by atoms with Crippen molar-refractivity contribution >= 4 is 54.8 Å². The molecule has 3 aromatic rings. The second-order valence-corrected chi connectivity index (χ2v) is 6.19. The van der Waals surface area contributed by atoms with Crippen molar-refractivity contribution in [2.45, 2.75) is 0 Å². The van der Waals surface area contributed by atoms with Crippen LogP contribution in [0.2, 0.25) is 5.02 Å². The lowest BCUT2D eigenvalue weighted by atomic mass is 10.2. The molecule has 0 aliphatic carbocycles. The van der Waals surface area contributed by atoms with Gasteiger partial charge in [0.15, 0.2) is 0 Å². The largest absolute Gasteiger partial charge is 0.399 e. The highest BCUT2D eigenvalue weighted by Crippen LogP contribution is 2.36. The van der Waals surface area contributed by atoms with E-state index in [2.05, 4.69) is 20.9 Å². The van der Waals surface area contributed by atoms with Gasteiger partial charge in [-0.25, -0.2) is 4.98 Å². The molecule has 90 valence electrons. The summed E-state index contributed by atoms with van der Waals surface area (Å²) in [7, 11) is 0. The van der Waals surface area contributed by atoms with Gasteiger partial charge in [0.25, 0.3) is 0 Å². The molecule has 0 bridgehead atoms. The molecule has 0 fully saturated rings. The van der Waals surface area contributed by atoms with Gasteiger partial charge in [-0.2, -0.15) is 0 Å². The highest BCUT2D eigenvalue weighted by molar-refractivity contribution is 9.10. The highest BCUT2D eigenvalue weighted by atomic mass is 79.9. The molecule has 18 heavy (non-hydrogen) atoms. The third-order valence-corrected chi connectivity index (χ3v) is 4.52. The number of hydrogen-bond acceptors (Lipinski definition) is 3. The number of nitrogens with two attached hydrogens (primary N) is 1. The first-order chi connectivity index (χ1) is 8.63. The fourth-order valence-corrected chi connectivity index (χ4v) is 3.72. The van der Waals surface area contributed by atoms with Crippen LogP contribution in [0.4, 0.5) is 5.69 Å². The smallest absolute Gasteiger partial charge is 0.125 e. The number of benzene rings is 2. The van der Waals surface area contributed by atoms with E-state index in [-0.39, 0.29) is 0 Å². The van der Waals surface area contributed by atoms with Crippen LogP contribution < -0.4 is 5.73 Å². The minimum atomic E-state index is 0.731. The van der Waals surface area contributed by atoms with Gasteiger partial charge in [-0.05, 0) is 52.3 Å². The molecular weight excluding hydrogens is 332 g/mol. The predicted octanol–water partition coefficient (Wildman–Crippen LogP) is 4.96. The topological polar surface area (TPSA) is 38.9 Å². The number of halogens is 2. The zero-order valence-corrected chi connectivity index (χ0v) is 12.3. The first-order valence-corrected chi connectivity index (χ1v) is 7.24. The van der Waals surface area contributed by atoms with Crippen molar-refractivity contribution in [2.75, 3.05) is 5.73 Å². The van der Waals surface area contributed by atoms with E-state index >= 15 is 0 Å². The zero-order chi connectivity index (χ0) is 12.7. The van der Waals surface area contributed by atoms with Gasteiger partial charge < -0.3 is 5.73 Å². The van der Waals surface area contributed by atoms with Crippen molar-refractivity contribution in [3.8, 4) is 10.6 Å². The Kier molecular flexibility index (Phi) is 3.01. The molecule has 2 N–H and O–H groups in total. The Morgan fingerprint density at radius 2 is 2.00 bits per heavy atom. The van der Waals surface area contributed by atoms with E-state index in [9.17, 15) is 0 Å². The Hall–Kier alpha value is -1.10. The summed E-state index contributed by atoms with van der Waals surface area (Å²) in [5, 5.41) is 1.69. The lowest BCUT2D eigenvalue weighted by Crippen LogP contribution is -1.85. The van der Waals surface area contributed by atoms with Gasteiger partial charge in [0.2, 0.25) is 0 Å². The molecule has 1 aromatic heterocycles. The number of anilines is 1. The molecule has 5 heteroatoms. The van der Waals surface area contributed by atoms with Crippen molar-refractivity contribution in [1.29, 1.82) is 0 Å². The Bertz CT molecular complexity index is 739. The average molecular weight is 340 g/mol. The van der Waals surface area contributed by atoms with Crippen LogP contribution in [0, 0.1) is 0 Å². The molecule has 2 nitrogen and oxygen atoms in total. The molecule has 0 saturated heterocycles.